The molecule has 0 spiro atoms. The molecule has 9 heteroatoms. The third kappa shape index (κ3) is 5.00. The van der Waals surface area contributed by atoms with E-state index in [1.54, 1.807) is 24.3 Å². The summed E-state index contributed by atoms with van der Waals surface area (Å²) < 4.78 is 41.2. The van der Waals surface area contributed by atoms with Gasteiger partial charge in [-0.2, -0.15) is 0 Å². The molecule has 2 aromatic carbocycles. The molecule has 3 nitrogen and oxygen atoms in total. The quantitative estimate of drug-likeness (QED) is 0.633. The third-order valence-corrected chi connectivity index (χ3v) is 5.45. The molecule has 1 fully saturated rings. The topological polar surface area (TPSA) is 24.5 Å². The van der Waals surface area contributed by atoms with Gasteiger partial charge in [-0.15, -0.1) is 13.2 Å². The molecule has 0 aromatic heterocycles. The van der Waals surface area contributed by atoms with Gasteiger partial charge in [0.2, 0.25) is 0 Å². The zero-order valence-electron chi connectivity index (χ0n) is 14.0. The van der Waals surface area contributed by atoms with E-state index in [-0.39, 0.29) is 11.8 Å². The number of benzene rings is 2. The molecule has 1 atom stereocenters. The maximum absolute atomic E-state index is 12.4. The summed E-state index contributed by atoms with van der Waals surface area (Å²) in [6.07, 6.45) is -4.74. The highest BCUT2D eigenvalue weighted by atomic mass is 35.5. The van der Waals surface area contributed by atoms with E-state index >= 15 is 0 Å². The summed E-state index contributed by atoms with van der Waals surface area (Å²) in [6.45, 7) is 3.01. The highest BCUT2D eigenvalue weighted by molar-refractivity contribution is 6.44. The number of hydrogen-bond acceptors (Lipinski definition) is 3. The summed E-state index contributed by atoms with van der Waals surface area (Å²) in [7, 11) is 0. The molecule has 146 valence electrons. The number of hydrogen-bond donors (Lipinski definition) is 1. The minimum atomic E-state index is -4.74. The SMILES string of the molecule is FC(F)(F)Oc1ccc([C@@H](c2c(Cl)ccc(Cl)c2Cl)N2CCNCC2)cc1. The van der Waals surface area contributed by atoms with Gasteiger partial charge < -0.3 is 10.1 Å². The highest BCUT2D eigenvalue weighted by Gasteiger charge is 2.32. The van der Waals surface area contributed by atoms with Crippen LogP contribution in [0.4, 0.5) is 13.2 Å². The third-order valence-electron chi connectivity index (χ3n) is 4.30. The Labute approximate surface area is 170 Å². The van der Waals surface area contributed by atoms with Crippen LogP contribution >= 0.6 is 34.8 Å². The Hall–Kier alpha value is -1.18. The molecule has 3 rings (SSSR count). The van der Waals surface area contributed by atoms with Gasteiger partial charge in [0.1, 0.15) is 5.75 Å². The number of nitrogens with one attached hydrogen (secondary N) is 1. The molecule has 27 heavy (non-hydrogen) atoms. The average Bonchev–Trinajstić information content (AvgIpc) is 2.62. The van der Waals surface area contributed by atoms with Gasteiger partial charge in [0.05, 0.1) is 16.1 Å². The van der Waals surface area contributed by atoms with Gasteiger partial charge in [0, 0.05) is 36.8 Å². The Bertz CT molecular complexity index is 794. The Balaban J connectivity index is 2.02. The van der Waals surface area contributed by atoms with Crippen molar-refractivity contribution in [3.63, 3.8) is 0 Å². The van der Waals surface area contributed by atoms with E-state index in [0.29, 0.717) is 20.6 Å². The molecule has 1 N–H and O–H groups in total. The number of rotatable bonds is 4. The molecule has 2 aromatic rings. The fourth-order valence-corrected chi connectivity index (χ4v) is 3.89. The van der Waals surface area contributed by atoms with Crippen molar-refractivity contribution in [2.45, 2.75) is 12.4 Å². The van der Waals surface area contributed by atoms with Crippen LogP contribution in [0.15, 0.2) is 36.4 Å². The summed E-state index contributed by atoms with van der Waals surface area (Å²) in [6, 6.07) is 8.68. The Morgan fingerprint density at radius 3 is 2.11 bits per heavy atom. The molecule has 1 heterocycles. The zero-order valence-corrected chi connectivity index (χ0v) is 16.3. The number of halogens is 6. The lowest BCUT2D eigenvalue weighted by Crippen LogP contribution is -2.45. The van der Waals surface area contributed by atoms with Crippen LogP contribution in [0.3, 0.4) is 0 Å². The number of nitrogens with zero attached hydrogens (tertiary/aromatic N) is 1. The monoisotopic (exact) mass is 438 g/mol. The van der Waals surface area contributed by atoms with Crippen LogP contribution in [0.2, 0.25) is 15.1 Å². The molecule has 1 saturated heterocycles. The van der Waals surface area contributed by atoms with E-state index < -0.39 is 6.36 Å². The Morgan fingerprint density at radius 1 is 0.926 bits per heavy atom. The minimum Gasteiger partial charge on any atom is -0.406 e. The zero-order chi connectivity index (χ0) is 19.6. The lowest BCUT2D eigenvalue weighted by atomic mass is 9.96. The average molecular weight is 440 g/mol. The van der Waals surface area contributed by atoms with Gasteiger partial charge >= 0.3 is 6.36 Å². The predicted molar refractivity (Wildman–Crippen MR) is 101 cm³/mol. The van der Waals surface area contributed by atoms with E-state index in [2.05, 4.69) is 15.0 Å². The van der Waals surface area contributed by atoms with E-state index in [4.69, 9.17) is 34.8 Å². The summed E-state index contributed by atoms with van der Waals surface area (Å²) in [4.78, 5) is 2.17. The summed E-state index contributed by atoms with van der Waals surface area (Å²) in [5, 5.41) is 4.42. The number of piperazine rings is 1. The van der Waals surface area contributed by atoms with Crippen LogP contribution in [-0.4, -0.2) is 37.4 Å². The van der Waals surface area contributed by atoms with Gasteiger partial charge in [-0.3, -0.25) is 4.90 Å². The second-order valence-corrected chi connectivity index (χ2v) is 7.25. The van der Waals surface area contributed by atoms with Crippen molar-refractivity contribution in [2.24, 2.45) is 0 Å². The summed E-state index contributed by atoms with van der Waals surface area (Å²) in [5.74, 6) is -0.284. The fraction of sp³-hybridized carbons (Fsp3) is 0.333. The smallest absolute Gasteiger partial charge is 0.406 e. The molecule has 0 aliphatic carbocycles. The van der Waals surface area contributed by atoms with Crippen molar-refractivity contribution in [1.29, 1.82) is 0 Å². The standard InChI is InChI=1S/C18H16Cl3F3N2O/c19-13-5-6-14(20)16(21)15(13)17(26-9-7-25-8-10-26)11-1-3-12(4-2-11)27-18(22,23)24/h1-6,17,25H,7-10H2/t17-/m0/s1. The van der Waals surface area contributed by atoms with Gasteiger partial charge in [-0.25, -0.2) is 0 Å². The molecule has 0 bridgehead atoms. The second kappa shape index (κ2) is 8.45. The van der Waals surface area contributed by atoms with E-state index in [0.717, 1.165) is 31.7 Å². The molecule has 1 aliphatic rings. The van der Waals surface area contributed by atoms with Gasteiger partial charge in [0.15, 0.2) is 0 Å². The van der Waals surface area contributed by atoms with Gasteiger partial charge in [-0.1, -0.05) is 46.9 Å². The molecule has 1 aliphatic heterocycles. The number of alkyl halides is 3. The molecular formula is C18H16Cl3F3N2O. The van der Waals surface area contributed by atoms with Crippen LogP contribution in [0.25, 0.3) is 0 Å². The maximum Gasteiger partial charge on any atom is 0.573 e. The van der Waals surface area contributed by atoms with Crippen LogP contribution in [0, 0.1) is 0 Å². The lowest BCUT2D eigenvalue weighted by Gasteiger charge is -2.36. The normalized spacial score (nSPS) is 17.0. The van der Waals surface area contributed by atoms with E-state index in [9.17, 15) is 13.2 Å². The van der Waals surface area contributed by atoms with E-state index in [1.165, 1.54) is 12.1 Å². The van der Waals surface area contributed by atoms with Crippen molar-refractivity contribution >= 4 is 34.8 Å². The maximum atomic E-state index is 12.4. The van der Waals surface area contributed by atoms with Crippen molar-refractivity contribution in [2.75, 3.05) is 26.2 Å². The largest absolute Gasteiger partial charge is 0.573 e. The predicted octanol–water partition coefficient (Wildman–Crippen LogP) is 5.54. The van der Waals surface area contributed by atoms with E-state index in [1.807, 2.05) is 0 Å². The van der Waals surface area contributed by atoms with Crippen molar-refractivity contribution in [1.82, 2.24) is 10.2 Å². The summed E-state index contributed by atoms with van der Waals surface area (Å²) in [5.41, 5.74) is 1.38. The molecule has 0 amide bonds. The van der Waals surface area contributed by atoms with Crippen molar-refractivity contribution in [3.05, 3.63) is 62.6 Å². The van der Waals surface area contributed by atoms with Crippen LogP contribution in [0.5, 0.6) is 5.75 Å². The first-order valence-corrected chi connectivity index (χ1v) is 9.33. The summed E-state index contributed by atoms with van der Waals surface area (Å²) >= 11 is 19.1. The van der Waals surface area contributed by atoms with Crippen LogP contribution in [0.1, 0.15) is 17.2 Å². The minimum absolute atomic E-state index is 0.284. The molecule has 0 unspecified atom stereocenters. The van der Waals surface area contributed by atoms with Crippen molar-refractivity contribution in [3.8, 4) is 5.75 Å². The Morgan fingerprint density at radius 2 is 1.52 bits per heavy atom. The van der Waals surface area contributed by atoms with Gasteiger partial charge in [0.25, 0.3) is 0 Å². The van der Waals surface area contributed by atoms with Crippen LogP contribution < -0.4 is 10.1 Å². The first kappa shape index (κ1) is 20.6. The molecule has 0 radical (unpaired) electrons. The Kier molecular flexibility index (Phi) is 6.43. The number of ether oxygens (including phenoxy) is 1. The molecule has 0 saturated carbocycles. The van der Waals surface area contributed by atoms with Crippen molar-refractivity contribution < 1.29 is 17.9 Å². The highest BCUT2D eigenvalue weighted by Crippen LogP contribution is 2.41. The first-order chi connectivity index (χ1) is 12.8. The van der Waals surface area contributed by atoms with Gasteiger partial charge in [-0.05, 0) is 29.8 Å². The van der Waals surface area contributed by atoms with Crippen LogP contribution in [-0.2, 0) is 0 Å². The molecular weight excluding hydrogens is 424 g/mol. The second-order valence-electron chi connectivity index (χ2n) is 6.06. The fourth-order valence-electron chi connectivity index (χ4n) is 3.15. The first-order valence-electron chi connectivity index (χ1n) is 8.20. The lowest BCUT2D eigenvalue weighted by molar-refractivity contribution is -0.274.